The number of likely N-dealkylation sites (tertiary alicyclic amines) is 1. The highest BCUT2D eigenvalue weighted by molar-refractivity contribution is 5.93. The average Bonchev–Trinajstić information content (AvgIpc) is 2.62. The number of pyridine rings is 1. The minimum absolute atomic E-state index is 0.0233. The van der Waals surface area contributed by atoms with Gasteiger partial charge in [-0.15, -0.1) is 0 Å². The van der Waals surface area contributed by atoms with Crippen LogP contribution in [0.1, 0.15) is 35.2 Å². The van der Waals surface area contributed by atoms with E-state index in [-0.39, 0.29) is 17.4 Å². The first kappa shape index (κ1) is 16.6. The van der Waals surface area contributed by atoms with Crippen LogP contribution >= 0.6 is 0 Å². The van der Waals surface area contributed by atoms with Crippen LogP contribution < -0.4 is 0 Å². The number of hydrogen-bond acceptors (Lipinski definition) is 2. The predicted octanol–water partition coefficient (Wildman–Crippen LogP) is 3.84. The van der Waals surface area contributed by atoms with Crippen molar-refractivity contribution in [2.75, 3.05) is 13.1 Å². The molecule has 0 bridgehead atoms. The van der Waals surface area contributed by atoms with E-state index in [2.05, 4.69) is 4.98 Å². The summed E-state index contributed by atoms with van der Waals surface area (Å²) in [5.74, 6) is -0.744. The number of amides is 1. The van der Waals surface area contributed by atoms with Crippen molar-refractivity contribution >= 4 is 5.91 Å². The zero-order valence-corrected chi connectivity index (χ0v) is 13.4. The number of aromatic nitrogens is 1. The fourth-order valence-corrected chi connectivity index (χ4v) is 3.28. The SMILES string of the molecule is O=C(c1cccnc1)N1CCCC(CCc2c(F)cccc2F)C1. The summed E-state index contributed by atoms with van der Waals surface area (Å²) >= 11 is 0. The van der Waals surface area contributed by atoms with Crippen molar-refractivity contribution in [3.63, 3.8) is 0 Å². The van der Waals surface area contributed by atoms with Gasteiger partial charge >= 0.3 is 0 Å². The molecule has 1 fully saturated rings. The van der Waals surface area contributed by atoms with Gasteiger partial charge in [-0.25, -0.2) is 8.78 Å². The Morgan fingerprint density at radius 1 is 1.21 bits per heavy atom. The molecule has 0 radical (unpaired) electrons. The van der Waals surface area contributed by atoms with Gasteiger partial charge in [0.05, 0.1) is 5.56 Å². The highest BCUT2D eigenvalue weighted by Crippen LogP contribution is 2.24. The lowest BCUT2D eigenvalue weighted by Gasteiger charge is -2.33. The van der Waals surface area contributed by atoms with E-state index in [9.17, 15) is 13.6 Å². The van der Waals surface area contributed by atoms with Crippen molar-refractivity contribution in [1.29, 1.82) is 0 Å². The minimum Gasteiger partial charge on any atom is -0.338 e. The number of halogens is 2. The molecule has 1 atom stereocenters. The van der Waals surface area contributed by atoms with Crippen LogP contribution in [0, 0.1) is 17.6 Å². The van der Waals surface area contributed by atoms with Gasteiger partial charge in [-0.3, -0.25) is 9.78 Å². The normalized spacial score (nSPS) is 17.8. The van der Waals surface area contributed by atoms with Crippen LogP contribution in [-0.4, -0.2) is 28.9 Å². The van der Waals surface area contributed by atoms with Gasteiger partial charge in [0.2, 0.25) is 0 Å². The average molecular weight is 330 g/mol. The van der Waals surface area contributed by atoms with E-state index in [1.54, 1.807) is 24.5 Å². The lowest BCUT2D eigenvalue weighted by atomic mass is 9.91. The van der Waals surface area contributed by atoms with E-state index in [0.717, 1.165) is 19.4 Å². The summed E-state index contributed by atoms with van der Waals surface area (Å²) in [6.07, 6.45) is 6.13. The zero-order valence-electron chi connectivity index (χ0n) is 13.4. The second-order valence-corrected chi connectivity index (χ2v) is 6.24. The van der Waals surface area contributed by atoms with Crippen molar-refractivity contribution in [3.8, 4) is 0 Å². The molecule has 0 N–H and O–H groups in total. The fourth-order valence-electron chi connectivity index (χ4n) is 3.28. The molecule has 1 aliphatic rings. The molecule has 3 nitrogen and oxygen atoms in total. The summed E-state index contributed by atoms with van der Waals surface area (Å²) in [4.78, 5) is 18.3. The summed E-state index contributed by atoms with van der Waals surface area (Å²) < 4.78 is 27.4. The highest BCUT2D eigenvalue weighted by atomic mass is 19.1. The van der Waals surface area contributed by atoms with Crippen LogP contribution in [0.2, 0.25) is 0 Å². The molecule has 24 heavy (non-hydrogen) atoms. The van der Waals surface area contributed by atoms with Crippen LogP contribution in [0.4, 0.5) is 8.78 Å². The second-order valence-electron chi connectivity index (χ2n) is 6.24. The molecule has 1 aromatic carbocycles. The van der Waals surface area contributed by atoms with Crippen molar-refractivity contribution in [2.45, 2.75) is 25.7 Å². The topological polar surface area (TPSA) is 33.2 Å². The number of rotatable bonds is 4. The largest absolute Gasteiger partial charge is 0.338 e. The number of carbonyl (C=O) groups excluding carboxylic acids is 1. The molecule has 0 saturated carbocycles. The molecule has 3 rings (SSSR count). The van der Waals surface area contributed by atoms with Gasteiger partial charge in [-0.1, -0.05) is 6.07 Å². The monoisotopic (exact) mass is 330 g/mol. The molecule has 126 valence electrons. The maximum absolute atomic E-state index is 13.7. The first-order valence-corrected chi connectivity index (χ1v) is 8.27. The Morgan fingerprint density at radius 3 is 2.71 bits per heavy atom. The van der Waals surface area contributed by atoms with Crippen LogP contribution in [0.15, 0.2) is 42.7 Å². The molecule has 2 aromatic rings. The maximum Gasteiger partial charge on any atom is 0.255 e. The first-order valence-electron chi connectivity index (χ1n) is 8.27. The predicted molar refractivity (Wildman–Crippen MR) is 87.5 cm³/mol. The Kier molecular flexibility index (Phi) is 5.18. The summed E-state index contributed by atoms with van der Waals surface area (Å²) in [6, 6.07) is 7.46. The van der Waals surface area contributed by atoms with Gasteiger partial charge in [-0.05, 0) is 55.9 Å². The first-order chi connectivity index (χ1) is 11.6. The van der Waals surface area contributed by atoms with Crippen LogP contribution in [-0.2, 0) is 6.42 Å². The Hall–Kier alpha value is -2.30. The third kappa shape index (κ3) is 3.78. The van der Waals surface area contributed by atoms with Gasteiger partial charge in [-0.2, -0.15) is 0 Å². The van der Waals surface area contributed by atoms with Crippen molar-refractivity contribution in [3.05, 3.63) is 65.5 Å². The van der Waals surface area contributed by atoms with Crippen LogP contribution in [0.3, 0.4) is 0 Å². The van der Waals surface area contributed by atoms with Gasteiger partial charge in [0.1, 0.15) is 11.6 Å². The van der Waals surface area contributed by atoms with Crippen molar-refractivity contribution in [2.24, 2.45) is 5.92 Å². The van der Waals surface area contributed by atoms with Gasteiger partial charge in [0, 0.05) is 31.0 Å². The molecule has 0 spiro atoms. The lowest BCUT2D eigenvalue weighted by molar-refractivity contribution is 0.0667. The van der Waals surface area contributed by atoms with Crippen LogP contribution in [0.25, 0.3) is 0 Å². The Labute approximate surface area is 140 Å². The second kappa shape index (κ2) is 7.51. The number of hydrogen-bond donors (Lipinski definition) is 0. The van der Waals surface area contributed by atoms with Gasteiger partial charge in [0.25, 0.3) is 5.91 Å². The Balaban J connectivity index is 1.61. The standard InChI is InChI=1S/C19H20F2N2O/c20-17-6-1-7-18(21)16(17)9-8-14-4-3-11-23(13-14)19(24)15-5-2-10-22-12-15/h1-2,5-7,10,12,14H,3-4,8-9,11,13H2. The summed E-state index contributed by atoms with van der Waals surface area (Å²) in [7, 11) is 0. The number of carbonyl (C=O) groups is 1. The third-order valence-corrected chi connectivity index (χ3v) is 4.58. The lowest BCUT2D eigenvalue weighted by Crippen LogP contribution is -2.40. The molecule has 1 unspecified atom stereocenters. The third-order valence-electron chi connectivity index (χ3n) is 4.58. The molecule has 2 heterocycles. The molecule has 0 aliphatic carbocycles. The van der Waals surface area contributed by atoms with E-state index < -0.39 is 11.6 Å². The fraction of sp³-hybridized carbons (Fsp3) is 0.368. The van der Waals surface area contributed by atoms with Crippen molar-refractivity contribution < 1.29 is 13.6 Å². The molecule has 1 aromatic heterocycles. The summed E-state index contributed by atoms with van der Waals surface area (Å²) in [5.41, 5.74) is 0.728. The highest BCUT2D eigenvalue weighted by Gasteiger charge is 2.25. The summed E-state index contributed by atoms with van der Waals surface area (Å²) in [6.45, 7) is 1.35. The Morgan fingerprint density at radius 2 is 2.00 bits per heavy atom. The molecule has 1 saturated heterocycles. The molecule has 5 heteroatoms. The zero-order chi connectivity index (χ0) is 16.9. The van der Waals surface area contributed by atoms with Crippen LogP contribution in [0.5, 0.6) is 0 Å². The molecule has 1 amide bonds. The van der Waals surface area contributed by atoms with E-state index in [1.807, 2.05) is 4.90 Å². The van der Waals surface area contributed by atoms with Gasteiger partial charge < -0.3 is 4.90 Å². The molecule has 1 aliphatic heterocycles. The number of benzene rings is 1. The van der Waals surface area contributed by atoms with Crippen molar-refractivity contribution in [1.82, 2.24) is 9.88 Å². The van der Waals surface area contributed by atoms with E-state index >= 15 is 0 Å². The number of piperidine rings is 1. The number of nitrogens with zero attached hydrogens (tertiary/aromatic N) is 2. The molecular formula is C19H20F2N2O. The quantitative estimate of drug-likeness (QED) is 0.853. The molecular weight excluding hydrogens is 310 g/mol. The summed E-state index contributed by atoms with van der Waals surface area (Å²) in [5, 5.41) is 0. The van der Waals surface area contributed by atoms with E-state index in [0.29, 0.717) is 24.9 Å². The Bertz CT molecular complexity index is 686. The van der Waals surface area contributed by atoms with E-state index in [1.165, 1.54) is 18.2 Å². The smallest absolute Gasteiger partial charge is 0.255 e. The van der Waals surface area contributed by atoms with E-state index in [4.69, 9.17) is 0 Å². The minimum atomic E-state index is -0.492. The van der Waals surface area contributed by atoms with Gasteiger partial charge in [0.15, 0.2) is 0 Å². The maximum atomic E-state index is 13.7.